The van der Waals surface area contributed by atoms with Crippen LogP contribution in [0.4, 0.5) is 18.9 Å². The number of fused-ring (bicyclic) bond motifs is 1. The number of para-hydroxylation sites is 1. The highest BCUT2D eigenvalue weighted by molar-refractivity contribution is 7.88. The smallest absolute Gasteiger partial charge is 0.482 e. The van der Waals surface area contributed by atoms with Gasteiger partial charge in [0.05, 0.1) is 5.56 Å². The first-order valence-electron chi connectivity index (χ1n) is 8.10. The van der Waals surface area contributed by atoms with Crippen molar-refractivity contribution < 1.29 is 35.3 Å². The van der Waals surface area contributed by atoms with Crippen molar-refractivity contribution in [2.75, 3.05) is 19.0 Å². The van der Waals surface area contributed by atoms with Crippen LogP contribution in [-0.2, 0) is 16.5 Å². The van der Waals surface area contributed by atoms with Gasteiger partial charge in [-0.3, -0.25) is 4.79 Å². The third-order valence-corrected chi connectivity index (χ3v) is 5.10. The Balaban J connectivity index is 2.01. The first kappa shape index (κ1) is 20.0. The van der Waals surface area contributed by atoms with E-state index in [1.54, 1.807) is 55.4 Å². The number of anilines is 1. The summed E-state index contributed by atoms with van der Waals surface area (Å²) in [7, 11) is -2.68. The van der Waals surface area contributed by atoms with Crippen molar-refractivity contribution >= 4 is 21.6 Å². The summed E-state index contributed by atoms with van der Waals surface area (Å²) >= 11 is 0. The van der Waals surface area contributed by atoms with E-state index in [0.29, 0.717) is 17.0 Å². The summed E-state index contributed by atoms with van der Waals surface area (Å²) in [4.78, 5) is 14.3. The normalized spacial score (nSPS) is 16.6. The molecule has 28 heavy (non-hydrogen) atoms. The SMILES string of the molecule is CN(C)c1cc2c(c(OS(=O)(=O)C(F)(F)F)c1)C(=O)C(Oc1ccccc1)C2. The fourth-order valence-electron chi connectivity index (χ4n) is 2.80. The van der Waals surface area contributed by atoms with Crippen LogP contribution in [0.3, 0.4) is 0 Å². The van der Waals surface area contributed by atoms with E-state index in [-0.39, 0.29) is 12.0 Å². The zero-order valence-corrected chi connectivity index (χ0v) is 15.7. The number of carbonyl (C=O) groups is 1. The van der Waals surface area contributed by atoms with E-state index in [9.17, 15) is 26.4 Å². The number of ketones is 1. The lowest BCUT2D eigenvalue weighted by atomic mass is 10.1. The van der Waals surface area contributed by atoms with Gasteiger partial charge in [-0.2, -0.15) is 21.6 Å². The minimum absolute atomic E-state index is 0.0766. The molecule has 0 aromatic heterocycles. The standard InChI is InChI=1S/C18H16F3NO5S/c1-22(2)12-8-11-9-15(26-13-6-4-3-5-7-13)17(23)16(11)14(10-12)27-28(24,25)18(19,20)21/h3-8,10,15H,9H2,1-2H3. The third-order valence-electron chi connectivity index (χ3n) is 4.13. The monoisotopic (exact) mass is 415 g/mol. The van der Waals surface area contributed by atoms with Crippen LogP contribution in [0.25, 0.3) is 0 Å². The van der Waals surface area contributed by atoms with Crippen molar-refractivity contribution in [3.8, 4) is 11.5 Å². The summed E-state index contributed by atoms with van der Waals surface area (Å²) in [6.07, 6.45) is -0.918. The van der Waals surface area contributed by atoms with Crippen molar-refractivity contribution in [1.82, 2.24) is 0 Å². The molecule has 1 aliphatic rings. The zero-order valence-electron chi connectivity index (χ0n) is 14.9. The lowest BCUT2D eigenvalue weighted by molar-refractivity contribution is -0.0500. The maximum absolute atomic E-state index is 12.8. The number of alkyl halides is 3. The largest absolute Gasteiger partial charge is 0.534 e. The van der Waals surface area contributed by atoms with Crippen molar-refractivity contribution in [2.45, 2.75) is 18.0 Å². The van der Waals surface area contributed by atoms with Crippen LogP contribution in [-0.4, -0.2) is 39.9 Å². The number of halogens is 3. The fourth-order valence-corrected chi connectivity index (χ4v) is 3.26. The summed E-state index contributed by atoms with van der Waals surface area (Å²) in [6.45, 7) is 0. The minimum Gasteiger partial charge on any atom is -0.482 e. The molecule has 0 aliphatic heterocycles. The number of hydrogen-bond acceptors (Lipinski definition) is 6. The van der Waals surface area contributed by atoms with Crippen molar-refractivity contribution in [3.05, 3.63) is 53.6 Å². The Morgan fingerprint density at radius 2 is 1.75 bits per heavy atom. The molecule has 0 bridgehead atoms. The van der Waals surface area contributed by atoms with Gasteiger partial charge in [0.25, 0.3) is 0 Å². The van der Waals surface area contributed by atoms with Crippen LogP contribution >= 0.6 is 0 Å². The van der Waals surface area contributed by atoms with Gasteiger partial charge >= 0.3 is 15.6 Å². The van der Waals surface area contributed by atoms with E-state index in [1.165, 1.54) is 0 Å². The summed E-state index contributed by atoms with van der Waals surface area (Å²) in [5.41, 5.74) is -5.10. The number of rotatable bonds is 5. The van der Waals surface area contributed by atoms with Crippen LogP contribution in [0.1, 0.15) is 15.9 Å². The molecule has 0 amide bonds. The molecule has 6 nitrogen and oxygen atoms in total. The second-order valence-electron chi connectivity index (χ2n) is 6.34. The molecule has 1 aliphatic carbocycles. The summed E-state index contributed by atoms with van der Waals surface area (Å²) in [5, 5.41) is 0. The number of Topliss-reactive ketones (excluding diaryl/α,β-unsaturated/α-hetero) is 1. The maximum Gasteiger partial charge on any atom is 0.534 e. The average Bonchev–Trinajstić information content (AvgIpc) is 2.90. The number of hydrogen-bond donors (Lipinski definition) is 0. The van der Waals surface area contributed by atoms with Crippen molar-refractivity contribution in [2.24, 2.45) is 0 Å². The second-order valence-corrected chi connectivity index (χ2v) is 7.88. The lowest BCUT2D eigenvalue weighted by Gasteiger charge is -2.17. The topological polar surface area (TPSA) is 72.9 Å². The van der Waals surface area contributed by atoms with E-state index >= 15 is 0 Å². The molecule has 150 valence electrons. The predicted molar refractivity (Wildman–Crippen MR) is 95.3 cm³/mol. The second kappa shape index (κ2) is 7.01. The Morgan fingerprint density at radius 1 is 1.11 bits per heavy atom. The predicted octanol–water partition coefficient (Wildman–Crippen LogP) is 3.17. The van der Waals surface area contributed by atoms with E-state index in [1.807, 2.05) is 0 Å². The van der Waals surface area contributed by atoms with Gasteiger partial charge in [-0.05, 0) is 23.8 Å². The maximum atomic E-state index is 12.8. The fraction of sp³-hybridized carbons (Fsp3) is 0.278. The molecule has 0 spiro atoms. The van der Waals surface area contributed by atoms with Gasteiger partial charge in [0.15, 0.2) is 11.9 Å². The van der Waals surface area contributed by atoms with Gasteiger partial charge in [0, 0.05) is 32.3 Å². The van der Waals surface area contributed by atoms with Gasteiger partial charge in [0.1, 0.15) is 5.75 Å². The van der Waals surface area contributed by atoms with Crippen LogP contribution in [0.2, 0.25) is 0 Å². The molecule has 0 fully saturated rings. The Labute approximate surface area is 159 Å². The van der Waals surface area contributed by atoms with E-state index in [4.69, 9.17) is 4.74 Å². The third kappa shape index (κ3) is 3.77. The van der Waals surface area contributed by atoms with Gasteiger partial charge < -0.3 is 13.8 Å². The highest BCUT2D eigenvalue weighted by Gasteiger charge is 2.49. The van der Waals surface area contributed by atoms with Crippen LogP contribution in [0.15, 0.2) is 42.5 Å². The molecule has 2 aromatic rings. The molecule has 0 saturated carbocycles. The summed E-state index contributed by atoms with van der Waals surface area (Å²) in [5.74, 6) is -0.897. The molecule has 0 saturated heterocycles. The van der Waals surface area contributed by atoms with Crippen molar-refractivity contribution in [1.29, 1.82) is 0 Å². The Morgan fingerprint density at radius 3 is 2.32 bits per heavy atom. The quantitative estimate of drug-likeness (QED) is 0.552. The number of ether oxygens (including phenoxy) is 1. The molecule has 1 atom stereocenters. The van der Waals surface area contributed by atoms with Gasteiger partial charge in [-0.1, -0.05) is 18.2 Å². The van der Waals surface area contributed by atoms with E-state index in [0.717, 1.165) is 6.07 Å². The van der Waals surface area contributed by atoms with Gasteiger partial charge in [0.2, 0.25) is 5.78 Å². The Hall–Kier alpha value is -2.75. The van der Waals surface area contributed by atoms with Gasteiger partial charge in [-0.25, -0.2) is 0 Å². The van der Waals surface area contributed by atoms with Crippen molar-refractivity contribution in [3.63, 3.8) is 0 Å². The first-order valence-corrected chi connectivity index (χ1v) is 9.51. The van der Waals surface area contributed by atoms with Crippen LogP contribution < -0.4 is 13.8 Å². The molecule has 0 heterocycles. The lowest BCUT2D eigenvalue weighted by Crippen LogP contribution is -2.29. The number of benzene rings is 2. The molecular formula is C18H16F3NO5S. The molecule has 3 rings (SSSR count). The average molecular weight is 415 g/mol. The van der Waals surface area contributed by atoms with E-state index in [2.05, 4.69) is 4.18 Å². The highest BCUT2D eigenvalue weighted by atomic mass is 32.2. The van der Waals surface area contributed by atoms with Crippen LogP contribution in [0.5, 0.6) is 11.5 Å². The molecule has 0 radical (unpaired) electrons. The molecule has 0 N–H and O–H groups in total. The first-order chi connectivity index (χ1) is 13.0. The minimum atomic E-state index is -5.93. The summed E-state index contributed by atoms with van der Waals surface area (Å²) in [6, 6.07) is 11.1. The zero-order chi connectivity index (χ0) is 20.7. The number of nitrogens with zero attached hydrogens (tertiary/aromatic N) is 1. The molecule has 1 unspecified atom stereocenters. The molecule has 10 heteroatoms. The Kier molecular flexibility index (Phi) is 5.00. The summed E-state index contributed by atoms with van der Waals surface area (Å²) < 4.78 is 71.2. The molecular weight excluding hydrogens is 399 g/mol. The highest BCUT2D eigenvalue weighted by Crippen LogP contribution is 2.38. The van der Waals surface area contributed by atoms with Crippen LogP contribution in [0, 0.1) is 0 Å². The number of carbonyl (C=O) groups excluding carboxylic acids is 1. The van der Waals surface area contributed by atoms with Gasteiger partial charge in [-0.15, -0.1) is 0 Å². The molecule has 2 aromatic carbocycles. The Bertz CT molecular complexity index is 1000. The van der Waals surface area contributed by atoms with E-state index < -0.39 is 33.3 Å².